The molecule has 0 aromatic heterocycles. The lowest BCUT2D eigenvalue weighted by molar-refractivity contribution is -0.137. The number of rotatable bonds is 6. The predicted molar refractivity (Wildman–Crippen MR) is 73.1 cm³/mol. The Morgan fingerprint density at radius 1 is 1.21 bits per heavy atom. The number of hydrogen-bond acceptors (Lipinski definition) is 3. The maximum atomic E-state index is 11.9. The standard InChI is InChI=1S/C13H25N3O3/c1-11(2)3-5-14-13(19)16-9-7-15(8-10-16)6-4-12(17)18/h11H,3-10H2,1-2H3,(H,14,19)(H,17,18). The zero-order chi connectivity index (χ0) is 14.3. The molecule has 19 heavy (non-hydrogen) atoms. The Balaban J connectivity index is 2.18. The minimum absolute atomic E-state index is 0.00136. The molecule has 0 atom stereocenters. The molecule has 0 aromatic carbocycles. The van der Waals surface area contributed by atoms with E-state index < -0.39 is 5.97 Å². The summed E-state index contributed by atoms with van der Waals surface area (Å²) in [5.41, 5.74) is 0. The number of aliphatic carboxylic acids is 1. The second kappa shape index (κ2) is 7.99. The normalized spacial score (nSPS) is 16.7. The first-order chi connectivity index (χ1) is 8.99. The Bertz CT molecular complexity index is 300. The number of nitrogens with one attached hydrogen (secondary N) is 1. The van der Waals surface area contributed by atoms with Gasteiger partial charge in [0.15, 0.2) is 0 Å². The van der Waals surface area contributed by atoms with Crippen molar-refractivity contribution in [2.75, 3.05) is 39.3 Å². The fraction of sp³-hybridized carbons (Fsp3) is 0.846. The van der Waals surface area contributed by atoms with Crippen molar-refractivity contribution in [3.05, 3.63) is 0 Å². The molecule has 2 N–H and O–H groups in total. The maximum Gasteiger partial charge on any atom is 0.317 e. The Kier molecular flexibility index (Phi) is 6.62. The highest BCUT2D eigenvalue weighted by Gasteiger charge is 2.20. The highest BCUT2D eigenvalue weighted by molar-refractivity contribution is 5.74. The van der Waals surface area contributed by atoms with Crippen LogP contribution in [-0.2, 0) is 4.79 Å². The molecule has 0 unspecified atom stereocenters. The Morgan fingerprint density at radius 3 is 2.37 bits per heavy atom. The maximum absolute atomic E-state index is 11.9. The van der Waals surface area contributed by atoms with Gasteiger partial charge in [-0.3, -0.25) is 9.69 Å². The third kappa shape index (κ3) is 6.42. The van der Waals surface area contributed by atoms with E-state index in [4.69, 9.17) is 5.11 Å². The lowest BCUT2D eigenvalue weighted by Crippen LogP contribution is -2.52. The molecular weight excluding hydrogens is 246 g/mol. The minimum Gasteiger partial charge on any atom is -0.481 e. The van der Waals surface area contributed by atoms with Crippen molar-refractivity contribution in [1.82, 2.24) is 15.1 Å². The lowest BCUT2D eigenvalue weighted by Gasteiger charge is -2.34. The van der Waals surface area contributed by atoms with E-state index in [1.54, 1.807) is 4.90 Å². The van der Waals surface area contributed by atoms with Crippen molar-refractivity contribution < 1.29 is 14.7 Å². The van der Waals surface area contributed by atoms with E-state index in [1.807, 2.05) is 0 Å². The molecule has 1 heterocycles. The van der Waals surface area contributed by atoms with E-state index in [0.29, 0.717) is 25.6 Å². The predicted octanol–water partition coefficient (Wildman–Crippen LogP) is 0.834. The molecular formula is C13H25N3O3. The molecule has 1 saturated heterocycles. The first kappa shape index (κ1) is 15.8. The molecule has 0 aliphatic carbocycles. The van der Waals surface area contributed by atoms with Crippen molar-refractivity contribution in [1.29, 1.82) is 0 Å². The van der Waals surface area contributed by atoms with E-state index in [2.05, 4.69) is 24.1 Å². The van der Waals surface area contributed by atoms with Crippen LogP contribution >= 0.6 is 0 Å². The smallest absolute Gasteiger partial charge is 0.317 e. The highest BCUT2D eigenvalue weighted by atomic mass is 16.4. The third-order valence-corrected chi connectivity index (χ3v) is 3.30. The third-order valence-electron chi connectivity index (χ3n) is 3.30. The van der Waals surface area contributed by atoms with Crippen LogP contribution in [-0.4, -0.2) is 66.2 Å². The number of urea groups is 1. The molecule has 0 bridgehead atoms. The van der Waals surface area contributed by atoms with E-state index >= 15 is 0 Å². The Morgan fingerprint density at radius 2 is 1.84 bits per heavy atom. The van der Waals surface area contributed by atoms with Gasteiger partial charge in [0.25, 0.3) is 0 Å². The molecule has 0 aromatic rings. The summed E-state index contributed by atoms with van der Waals surface area (Å²) in [5.74, 6) is -0.179. The van der Waals surface area contributed by atoms with E-state index in [0.717, 1.165) is 26.1 Å². The van der Waals surface area contributed by atoms with Gasteiger partial charge in [0.1, 0.15) is 0 Å². The van der Waals surface area contributed by atoms with Crippen LogP contribution in [0.5, 0.6) is 0 Å². The van der Waals surface area contributed by atoms with Gasteiger partial charge in [-0.15, -0.1) is 0 Å². The number of hydrogen-bond donors (Lipinski definition) is 2. The summed E-state index contributed by atoms with van der Waals surface area (Å²) >= 11 is 0. The Hall–Kier alpha value is -1.30. The first-order valence-corrected chi connectivity index (χ1v) is 6.96. The second-order valence-electron chi connectivity index (χ2n) is 5.39. The summed E-state index contributed by atoms with van der Waals surface area (Å²) in [5, 5.41) is 11.5. The quantitative estimate of drug-likeness (QED) is 0.750. The number of carbonyl (C=O) groups excluding carboxylic acids is 1. The average Bonchev–Trinajstić information content (AvgIpc) is 2.36. The van der Waals surface area contributed by atoms with Crippen LogP contribution in [0.15, 0.2) is 0 Å². The van der Waals surface area contributed by atoms with Gasteiger partial charge >= 0.3 is 12.0 Å². The van der Waals surface area contributed by atoms with Gasteiger partial charge in [-0.1, -0.05) is 13.8 Å². The van der Waals surface area contributed by atoms with Crippen molar-refractivity contribution in [2.24, 2.45) is 5.92 Å². The van der Waals surface area contributed by atoms with Crippen molar-refractivity contribution in [3.8, 4) is 0 Å². The summed E-state index contributed by atoms with van der Waals surface area (Å²) in [7, 11) is 0. The van der Waals surface area contributed by atoms with E-state index in [9.17, 15) is 9.59 Å². The lowest BCUT2D eigenvalue weighted by atomic mass is 10.1. The number of carboxylic acid groups (broad SMARTS) is 1. The number of nitrogens with zero attached hydrogens (tertiary/aromatic N) is 2. The van der Waals surface area contributed by atoms with Gasteiger partial charge in [-0.2, -0.15) is 0 Å². The van der Waals surface area contributed by atoms with Gasteiger partial charge in [0.2, 0.25) is 0 Å². The first-order valence-electron chi connectivity index (χ1n) is 6.96. The fourth-order valence-electron chi connectivity index (χ4n) is 2.01. The minimum atomic E-state index is -0.770. The molecule has 6 heteroatoms. The number of amides is 2. The molecule has 1 fully saturated rings. The van der Waals surface area contributed by atoms with Crippen LogP contribution in [0, 0.1) is 5.92 Å². The van der Waals surface area contributed by atoms with E-state index in [-0.39, 0.29) is 12.5 Å². The van der Waals surface area contributed by atoms with Crippen LogP contribution < -0.4 is 5.32 Å². The van der Waals surface area contributed by atoms with Crippen LogP contribution in [0.1, 0.15) is 26.7 Å². The summed E-state index contributed by atoms with van der Waals surface area (Å²) in [6.07, 6.45) is 1.16. The van der Waals surface area contributed by atoms with Crippen molar-refractivity contribution >= 4 is 12.0 Å². The molecule has 1 rings (SSSR count). The topological polar surface area (TPSA) is 72.9 Å². The van der Waals surface area contributed by atoms with Crippen LogP contribution in [0.25, 0.3) is 0 Å². The molecule has 0 radical (unpaired) electrons. The van der Waals surface area contributed by atoms with Crippen molar-refractivity contribution in [3.63, 3.8) is 0 Å². The molecule has 2 amide bonds. The summed E-state index contributed by atoms with van der Waals surface area (Å²) < 4.78 is 0. The van der Waals surface area contributed by atoms with Crippen molar-refractivity contribution in [2.45, 2.75) is 26.7 Å². The molecule has 0 saturated carbocycles. The average molecular weight is 271 g/mol. The van der Waals surface area contributed by atoms with Gasteiger partial charge in [-0.05, 0) is 12.3 Å². The zero-order valence-corrected chi connectivity index (χ0v) is 11.9. The molecule has 6 nitrogen and oxygen atoms in total. The highest BCUT2D eigenvalue weighted by Crippen LogP contribution is 2.03. The molecule has 1 aliphatic rings. The second-order valence-corrected chi connectivity index (χ2v) is 5.39. The fourth-order valence-corrected chi connectivity index (χ4v) is 2.01. The SMILES string of the molecule is CC(C)CCNC(=O)N1CCN(CCC(=O)O)CC1. The van der Waals surface area contributed by atoms with Crippen LogP contribution in [0.4, 0.5) is 4.79 Å². The molecule has 110 valence electrons. The van der Waals surface area contributed by atoms with Gasteiger partial charge in [0.05, 0.1) is 6.42 Å². The zero-order valence-electron chi connectivity index (χ0n) is 11.9. The molecule has 1 aliphatic heterocycles. The van der Waals surface area contributed by atoms with Gasteiger partial charge < -0.3 is 15.3 Å². The largest absolute Gasteiger partial charge is 0.481 e. The summed E-state index contributed by atoms with van der Waals surface area (Å²) in [6.45, 7) is 8.41. The number of carbonyl (C=O) groups is 2. The van der Waals surface area contributed by atoms with E-state index in [1.165, 1.54) is 0 Å². The number of piperazine rings is 1. The molecule has 0 spiro atoms. The summed E-state index contributed by atoms with van der Waals surface area (Å²) in [4.78, 5) is 26.2. The monoisotopic (exact) mass is 271 g/mol. The van der Waals surface area contributed by atoms with Gasteiger partial charge in [-0.25, -0.2) is 4.79 Å². The van der Waals surface area contributed by atoms with Gasteiger partial charge in [0, 0.05) is 39.3 Å². The Labute approximate surface area is 114 Å². The number of carboxylic acids is 1. The van der Waals surface area contributed by atoms with Crippen LogP contribution in [0.2, 0.25) is 0 Å². The van der Waals surface area contributed by atoms with Crippen LogP contribution in [0.3, 0.4) is 0 Å². The summed E-state index contributed by atoms with van der Waals surface area (Å²) in [6, 6.07) is -0.00136.